The fourth-order valence-corrected chi connectivity index (χ4v) is 2.48. The molecule has 3 heteroatoms. The Morgan fingerprint density at radius 2 is 2.25 bits per heavy atom. The first-order chi connectivity index (χ1) is 7.66. The van der Waals surface area contributed by atoms with E-state index in [1.807, 2.05) is 13.1 Å². The molecule has 1 aromatic rings. The van der Waals surface area contributed by atoms with Crippen LogP contribution in [0, 0.1) is 5.82 Å². The van der Waals surface area contributed by atoms with Crippen molar-refractivity contribution in [2.75, 3.05) is 7.05 Å². The van der Waals surface area contributed by atoms with E-state index < -0.39 is 0 Å². The van der Waals surface area contributed by atoms with E-state index in [4.69, 9.17) is 0 Å². The molecule has 0 spiro atoms. The molecular weight excluding hydrogens is 205 g/mol. The number of aliphatic hydroxyl groups is 1. The normalized spacial score (nSPS) is 25.2. The number of hydrogen-bond donors (Lipinski definition) is 1. The van der Waals surface area contributed by atoms with Crippen LogP contribution in [0.1, 0.15) is 24.8 Å². The van der Waals surface area contributed by atoms with Gasteiger partial charge in [-0.3, -0.25) is 4.90 Å². The molecule has 0 amide bonds. The van der Waals surface area contributed by atoms with E-state index in [0.29, 0.717) is 6.54 Å². The molecule has 0 saturated heterocycles. The Balaban J connectivity index is 1.99. The van der Waals surface area contributed by atoms with E-state index >= 15 is 0 Å². The van der Waals surface area contributed by atoms with Crippen molar-refractivity contribution in [3.05, 3.63) is 35.6 Å². The van der Waals surface area contributed by atoms with Gasteiger partial charge in [0, 0.05) is 12.6 Å². The Kier molecular flexibility index (Phi) is 3.56. The average molecular weight is 223 g/mol. The van der Waals surface area contributed by atoms with E-state index in [1.54, 1.807) is 12.1 Å². The second-order valence-electron chi connectivity index (χ2n) is 4.61. The lowest BCUT2D eigenvalue weighted by atomic mass is 10.1. The summed E-state index contributed by atoms with van der Waals surface area (Å²) < 4.78 is 13.0. The summed E-state index contributed by atoms with van der Waals surface area (Å²) in [6, 6.07) is 6.87. The molecule has 2 unspecified atom stereocenters. The fraction of sp³-hybridized carbons (Fsp3) is 0.538. The minimum atomic E-state index is -0.224. The lowest BCUT2D eigenvalue weighted by molar-refractivity contribution is 0.0824. The number of hydrogen-bond acceptors (Lipinski definition) is 2. The molecule has 88 valence electrons. The van der Waals surface area contributed by atoms with Gasteiger partial charge in [-0.05, 0) is 44.0 Å². The predicted octanol–water partition coefficient (Wildman–Crippen LogP) is 2.17. The molecule has 2 rings (SSSR count). The molecule has 1 aliphatic rings. The quantitative estimate of drug-likeness (QED) is 0.849. The second-order valence-corrected chi connectivity index (χ2v) is 4.61. The Labute approximate surface area is 95.7 Å². The highest BCUT2D eigenvalue weighted by Gasteiger charge is 2.28. The number of rotatable bonds is 3. The topological polar surface area (TPSA) is 23.5 Å². The first-order valence-corrected chi connectivity index (χ1v) is 5.79. The first kappa shape index (κ1) is 11.6. The predicted molar refractivity (Wildman–Crippen MR) is 61.5 cm³/mol. The number of halogens is 1. The van der Waals surface area contributed by atoms with Crippen LogP contribution in [-0.2, 0) is 6.54 Å². The van der Waals surface area contributed by atoms with Crippen LogP contribution in [-0.4, -0.2) is 29.2 Å². The Bertz CT molecular complexity index is 356. The van der Waals surface area contributed by atoms with Gasteiger partial charge in [0.2, 0.25) is 0 Å². The Morgan fingerprint density at radius 3 is 2.88 bits per heavy atom. The van der Waals surface area contributed by atoms with Crippen LogP contribution in [0.3, 0.4) is 0 Å². The SMILES string of the molecule is CN(Cc1cccc(F)c1)C1CCCC1O. The van der Waals surface area contributed by atoms with Crippen LogP contribution >= 0.6 is 0 Å². The van der Waals surface area contributed by atoms with Gasteiger partial charge in [-0.2, -0.15) is 0 Å². The van der Waals surface area contributed by atoms with Gasteiger partial charge in [-0.25, -0.2) is 4.39 Å². The zero-order valence-corrected chi connectivity index (χ0v) is 9.56. The fourth-order valence-electron chi connectivity index (χ4n) is 2.48. The van der Waals surface area contributed by atoms with Gasteiger partial charge in [0.15, 0.2) is 0 Å². The van der Waals surface area contributed by atoms with Crippen molar-refractivity contribution in [3.8, 4) is 0 Å². The smallest absolute Gasteiger partial charge is 0.123 e. The van der Waals surface area contributed by atoms with Crippen molar-refractivity contribution in [3.63, 3.8) is 0 Å². The summed E-state index contributed by atoms with van der Waals surface area (Å²) in [5, 5.41) is 9.78. The van der Waals surface area contributed by atoms with Crippen molar-refractivity contribution >= 4 is 0 Å². The van der Waals surface area contributed by atoms with Crippen molar-refractivity contribution < 1.29 is 9.50 Å². The number of aliphatic hydroxyl groups excluding tert-OH is 1. The molecule has 1 saturated carbocycles. The molecule has 0 bridgehead atoms. The van der Waals surface area contributed by atoms with Crippen LogP contribution < -0.4 is 0 Å². The first-order valence-electron chi connectivity index (χ1n) is 5.79. The molecule has 0 aliphatic heterocycles. The van der Waals surface area contributed by atoms with Crippen LogP contribution in [0.2, 0.25) is 0 Å². The van der Waals surface area contributed by atoms with Gasteiger partial charge >= 0.3 is 0 Å². The van der Waals surface area contributed by atoms with Crippen LogP contribution in [0.25, 0.3) is 0 Å². The van der Waals surface area contributed by atoms with E-state index in [2.05, 4.69) is 4.90 Å². The van der Waals surface area contributed by atoms with E-state index in [9.17, 15) is 9.50 Å². The Morgan fingerprint density at radius 1 is 1.44 bits per heavy atom. The van der Waals surface area contributed by atoms with Crippen LogP contribution in [0.4, 0.5) is 4.39 Å². The molecule has 2 nitrogen and oxygen atoms in total. The summed E-state index contributed by atoms with van der Waals surface area (Å²) in [5.74, 6) is -0.196. The van der Waals surface area contributed by atoms with E-state index in [0.717, 1.165) is 24.8 Å². The van der Waals surface area contributed by atoms with Gasteiger partial charge < -0.3 is 5.11 Å². The lowest BCUT2D eigenvalue weighted by Gasteiger charge is -2.26. The highest BCUT2D eigenvalue weighted by atomic mass is 19.1. The molecule has 1 fully saturated rings. The maximum atomic E-state index is 13.0. The van der Waals surface area contributed by atoms with Gasteiger partial charge in [0.05, 0.1) is 6.10 Å². The van der Waals surface area contributed by atoms with Crippen molar-refractivity contribution in [2.24, 2.45) is 0 Å². The van der Waals surface area contributed by atoms with Gasteiger partial charge in [0.25, 0.3) is 0 Å². The third kappa shape index (κ3) is 2.60. The number of likely N-dealkylation sites (N-methyl/N-ethyl adjacent to an activating group) is 1. The van der Waals surface area contributed by atoms with Crippen LogP contribution in [0.5, 0.6) is 0 Å². The summed E-state index contributed by atoms with van der Waals surface area (Å²) in [6.07, 6.45) is 2.78. The lowest BCUT2D eigenvalue weighted by Crippen LogP contribution is -2.36. The molecule has 0 radical (unpaired) electrons. The maximum Gasteiger partial charge on any atom is 0.123 e. The summed E-state index contributed by atoms with van der Waals surface area (Å²) >= 11 is 0. The third-order valence-corrected chi connectivity index (χ3v) is 3.33. The summed E-state index contributed by atoms with van der Waals surface area (Å²) in [6.45, 7) is 0.694. The molecule has 1 N–H and O–H groups in total. The molecule has 1 aliphatic carbocycles. The van der Waals surface area contributed by atoms with E-state index in [1.165, 1.54) is 6.07 Å². The minimum Gasteiger partial charge on any atom is -0.391 e. The highest BCUT2D eigenvalue weighted by Crippen LogP contribution is 2.24. The maximum absolute atomic E-state index is 13.0. The molecule has 1 aromatic carbocycles. The van der Waals surface area contributed by atoms with Crippen LogP contribution in [0.15, 0.2) is 24.3 Å². The molecule has 0 aromatic heterocycles. The molecule has 0 heterocycles. The number of benzene rings is 1. The second kappa shape index (κ2) is 4.93. The number of nitrogens with zero attached hydrogens (tertiary/aromatic N) is 1. The third-order valence-electron chi connectivity index (χ3n) is 3.33. The molecule has 16 heavy (non-hydrogen) atoms. The minimum absolute atomic E-state index is 0.196. The van der Waals surface area contributed by atoms with Gasteiger partial charge in [-0.1, -0.05) is 12.1 Å². The Hall–Kier alpha value is -0.930. The van der Waals surface area contributed by atoms with Gasteiger partial charge in [-0.15, -0.1) is 0 Å². The van der Waals surface area contributed by atoms with Gasteiger partial charge in [0.1, 0.15) is 5.82 Å². The average Bonchev–Trinajstić information content (AvgIpc) is 2.64. The molecular formula is C13H18FNO. The van der Waals surface area contributed by atoms with E-state index in [-0.39, 0.29) is 18.0 Å². The largest absolute Gasteiger partial charge is 0.391 e. The van der Waals surface area contributed by atoms with Crippen molar-refractivity contribution in [2.45, 2.75) is 38.0 Å². The highest BCUT2D eigenvalue weighted by molar-refractivity contribution is 5.16. The standard InChI is InChI=1S/C13H18FNO/c1-15(12-6-3-7-13(12)16)9-10-4-2-5-11(14)8-10/h2,4-5,8,12-13,16H,3,6-7,9H2,1H3. The van der Waals surface area contributed by atoms with Crippen molar-refractivity contribution in [1.29, 1.82) is 0 Å². The summed E-state index contributed by atoms with van der Waals surface area (Å²) in [5.41, 5.74) is 0.960. The zero-order valence-electron chi connectivity index (χ0n) is 9.56. The zero-order chi connectivity index (χ0) is 11.5. The summed E-state index contributed by atoms with van der Waals surface area (Å²) in [4.78, 5) is 2.12. The monoisotopic (exact) mass is 223 g/mol. The summed E-state index contributed by atoms with van der Waals surface area (Å²) in [7, 11) is 1.99. The van der Waals surface area contributed by atoms with Crippen molar-refractivity contribution in [1.82, 2.24) is 4.90 Å². The molecule has 2 atom stereocenters.